The van der Waals surface area contributed by atoms with E-state index in [4.69, 9.17) is 16.9 Å². The van der Waals surface area contributed by atoms with Gasteiger partial charge in [0.25, 0.3) is 10.0 Å². The van der Waals surface area contributed by atoms with Crippen LogP contribution in [0.4, 0.5) is 11.4 Å². The molecule has 0 aliphatic carbocycles. The number of hydrogen-bond acceptors (Lipinski definition) is 4. The first kappa shape index (κ1) is 23.3. The number of nitrogens with zero attached hydrogens (tertiary/aromatic N) is 2. The van der Waals surface area contributed by atoms with Crippen LogP contribution in [0.3, 0.4) is 0 Å². The summed E-state index contributed by atoms with van der Waals surface area (Å²) in [5, 5.41) is 11.9. The van der Waals surface area contributed by atoms with Crippen LogP contribution in [0.1, 0.15) is 16.7 Å². The van der Waals surface area contributed by atoms with Crippen molar-refractivity contribution in [1.29, 1.82) is 5.26 Å². The van der Waals surface area contributed by atoms with E-state index in [2.05, 4.69) is 11.4 Å². The molecule has 0 spiro atoms. The van der Waals surface area contributed by atoms with Gasteiger partial charge in [-0.3, -0.25) is 9.10 Å². The lowest BCUT2D eigenvalue weighted by Crippen LogP contribution is -2.38. The maximum Gasteiger partial charge on any atom is 0.264 e. The van der Waals surface area contributed by atoms with Gasteiger partial charge in [0.15, 0.2) is 0 Å². The molecule has 3 aromatic rings. The Bertz CT molecular complexity index is 1270. The topological polar surface area (TPSA) is 90.3 Å². The van der Waals surface area contributed by atoms with Gasteiger partial charge in [-0.25, -0.2) is 8.42 Å². The largest absolute Gasteiger partial charge is 0.325 e. The number of anilines is 2. The number of benzene rings is 3. The quantitative estimate of drug-likeness (QED) is 0.537. The fourth-order valence-electron chi connectivity index (χ4n) is 3.02. The van der Waals surface area contributed by atoms with Crippen molar-refractivity contribution in [3.8, 4) is 6.07 Å². The minimum Gasteiger partial charge on any atom is -0.325 e. The van der Waals surface area contributed by atoms with Crippen LogP contribution < -0.4 is 9.62 Å². The van der Waals surface area contributed by atoms with Gasteiger partial charge in [-0.2, -0.15) is 5.26 Å². The molecule has 0 unspecified atom stereocenters. The predicted octanol–water partition coefficient (Wildman–Crippen LogP) is 4.86. The molecule has 164 valence electrons. The number of sulfonamides is 1. The molecule has 6 nitrogen and oxygen atoms in total. The normalized spacial score (nSPS) is 10.9. The van der Waals surface area contributed by atoms with E-state index in [1.807, 2.05) is 13.8 Å². The Morgan fingerprint density at radius 3 is 2.28 bits per heavy atom. The lowest BCUT2D eigenvalue weighted by Gasteiger charge is -2.24. The van der Waals surface area contributed by atoms with Crippen molar-refractivity contribution < 1.29 is 13.2 Å². The molecule has 8 heteroatoms. The van der Waals surface area contributed by atoms with Crippen LogP contribution in [0, 0.1) is 25.2 Å². The molecule has 0 heterocycles. The molecule has 1 amide bonds. The van der Waals surface area contributed by atoms with Gasteiger partial charge in [-0.1, -0.05) is 47.5 Å². The molecule has 3 rings (SSSR count). The van der Waals surface area contributed by atoms with Crippen LogP contribution in [0.5, 0.6) is 0 Å². The van der Waals surface area contributed by atoms with E-state index in [0.29, 0.717) is 16.4 Å². The zero-order valence-corrected chi connectivity index (χ0v) is 19.2. The lowest BCUT2D eigenvalue weighted by molar-refractivity contribution is -0.114. The fraction of sp³-hybridized carbons (Fsp3) is 0.167. The van der Waals surface area contributed by atoms with Crippen molar-refractivity contribution in [1.82, 2.24) is 0 Å². The SMILES string of the molecule is Cc1ccc(S(=O)(=O)N(CC(=O)Nc2ccc(CC#N)cc2)c2ccc(C)c(Cl)c2)cc1. The summed E-state index contributed by atoms with van der Waals surface area (Å²) in [5.41, 5.74) is 3.34. The van der Waals surface area contributed by atoms with Gasteiger partial charge in [0, 0.05) is 10.7 Å². The molecular weight excluding hydrogens is 446 g/mol. The predicted molar refractivity (Wildman–Crippen MR) is 126 cm³/mol. The third kappa shape index (κ3) is 5.47. The van der Waals surface area contributed by atoms with E-state index in [1.165, 1.54) is 18.2 Å². The second-order valence-corrected chi connectivity index (χ2v) is 9.61. The number of rotatable bonds is 7. The van der Waals surface area contributed by atoms with Crippen LogP contribution in [0.2, 0.25) is 5.02 Å². The minimum absolute atomic E-state index is 0.0773. The highest BCUT2D eigenvalue weighted by molar-refractivity contribution is 7.92. The summed E-state index contributed by atoms with van der Waals surface area (Å²) in [6, 6.07) is 20.2. The van der Waals surface area contributed by atoms with Gasteiger partial charge in [-0.15, -0.1) is 0 Å². The average Bonchev–Trinajstić information content (AvgIpc) is 2.76. The van der Waals surface area contributed by atoms with Gasteiger partial charge in [0.05, 0.1) is 23.1 Å². The Balaban J connectivity index is 1.91. The fourth-order valence-corrected chi connectivity index (χ4v) is 4.61. The van der Waals surface area contributed by atoms with Gasteiger partial charge < -0.3 is 5.32 Å². The first-order valence-corrected chi connectivity index (χ1v) is 11.6. The Labute approximate surface area is 193 Å². The van der Waals surface area contributed by atoms with Crippen molar-refractivity contribution in [3.05, 3.63) is 88.4 Å². The van der Waals surface area contributed by atoms with Crippen LogP contribution in [0.15, 0.2) is 71.6 Å². The van der Waals surface area contributed by atoms with E-state index < -0.39 is 22.5 Å². The Kier molecular flexibility index (Phi) is 7.18. The lowest BCUT2D eigenvalue weighted by atomic mass is 10.1. The first-order valence-electron chi connectivity index (χ1n) is 9.82. The zero-order chi connectivity index (χ0) is 23.3. The average molecular weight is 468 g/mol. The standard InChI is InChI=1S/C24H22ClN3O3S/c1-17-3-11-22(12-4-17)32(30,31)28(21-10-5-18(2)23(25)15-21)16-24(29)27-20-8-6-19(7-9-20)13-14-26/h3-12,15H,13,16H2,1-2H3,(H,27,29). The molecule has 3 aromatic carbocycles. The third-order valence-electron chi connectivity index (χ3n) is 4.86. The number of carbonyl (C=O) groups excluding carboxylic acids is 1. The molecule has 1 N–H and O–H groups in total. The van der Waals surface area contributed by atoms with Gasteiger partial charge in [-0.05, 0) is 61.4 Å². The molecule has 0 fully saturated rings. The van der Waals surface area contributed by atoms with Crippen molar-refractivity contribution >= 4 is 38.9 Å². The number of amides is 1. The number of nitrogens with one attached hydrogen (secondary N) is 1. The second kappa shape index (κ2) is 9.86. The summed E-state index contributed by atoms with van der Waals surface area (Å²) in [7, 11) is -4.02. The highest BCUT2D eigenvalue weighted by Crippen LogP contribution is 2.28. The zero-order valence-electron chi connectivity index (χ0n) is 17.7. The van der Waals surface area contributed by atoms with Crippen LogP contribution in [0.25, 0.3) is 0 Å². The molecule has 0 saturated carbocycles. The molecule has 0 bridgehead atoms. The summed E-state index contributed by atoms with van der Waals surface area (Å²) in [4.78, 5) is 12.9. The molecule has 0 atom stereocenters. The number of hydrogen-bond donors (Lipinski definition) is 1. The molecule has 0 aliphatic rings. The Morgan fingerprint density at radius 2 is 1.69 bits per heavy atom. The van der Waals surface area contributed by atoms with Crippen LogP contribution >= 0.6 is 11.6 Å². The van der Waals surface area contributed by atoms with Crippen LogP contribution in [-0.4, -0.2) is 20.9 Å². The number of halogens is 1. The molecule has 0 aromatic heterocycles. The molecule has 0 saturated heterocycles. The minimum atomic E-state index is -4.02. The Morgan fingerprint density at radius 1 is 1.03 bits per heavy atom. The maximum atomic E-state index is 13.4. The third-order valence-corrected chi connectivity index (χ3v) is 7.06. The van der Waals surface area contributed by atoms with Gasteiger partial charge in [0.1, 0.15) is 6.54 Å². The monoisotopic (exact) mass is 467 g/mol. The van der Waals surface area contributed by atoms with Gasteiger partial charge in [0.2, 0.25) is 5.91 Å². The van der Waals surface area contributed by atoms with E-state index in [1.54, 1.807) is 48.5 Å². The molecule has 0 radical (unpaired) electrons. The van der Waals surface area contributed by atoms with Crippen molar-refractivity contribution in [2.45, 2.75) is 25.2 Å². The summed E-state index contributed by atoms with van der Waals surface area (Å²) in [5.74, 6) is -0.509. The second-order valence-electron chi connectivity index (χ2n) is 7.34. The number of nitriles is 1. The Hall–Kier alpha value is -3.34. The van der Waals surface area contributed by atoms with Gasteiger partial charge >= 0.3 is 0 Å². The summed E-state index contributed by atoms with van der Waals surface area (Å²) >= 11 is 6.24. The first-order chi connectivity index (χ1) is 15.2. The molecule has 32 heavy (non-hydrogen) atoms. The van der Waals surface area contributed by atoms with Crippen molar-refractivity contribution in [3.63, 3.8) is 0 Å². The summed E-state index contributed by atoms with van der Waals surface area (Å²) in [6.45, 7) is 3.24. The molecule has 0 aliphatic heterocycles. The van der Waals surface area contributed by atoms with Crippen LogP contribution in [-0.2, 0) is 21.2 Å². The summed E-state index contributed by atoms with van der Waals surface area (Å²) < 4.78 is 27.9. The van der Waals surface area contributed by atoms with Crippen molar-refractivity contribution in [2.24, 2.45) is 0 Å². The smallest absolute Gasteiger partial charge is 0.264 e. The summed E-state index contributed by atoms with van der Waals surface area (Å²) in [6.07, 6.45) is 0.269. The highest BCUT2D eigenvalue weighted by atomic mass is 35.5. The van der Waals surface area contributed by atoms with E-state index in [0.717, 1.165) is 21.0 Å². The highest BCUT2D eigenvalue weighted by Gasteiger charge is 2.27. The van der Waals surface area contributed by atoms with E-state index in [9.17, 15) is 13.2 Å². The van der Waals surface area contributed by atoms with E-state index >= 15 is 0 Å². The number of carbonyl (C=O) groups is 1. The van der Waals surface area contributed by atoms with E-state index in [-0.39, 0.29) is 11.3 Å². The van der Waals surface area contributed by atoms with Crippen molar-refractivity contribution in [2.75, 3.05) is 16.2 Å². The molecular formula is C24H22ClN3O3S. The number of aryl methyl sites for hydroxylation is 2. The maximum absolute atomic E-state index is 13.4.